The maximum atomic E-state index is 11.1. The quantitative estimate of drug-likeness (QED) is 0.505. The van der Waals surface area contributed by atoms with Crippen LogP contribution in [0.5, 0.6) is 0 Å². The highest BCUT2D eigenvalue weighted by molar-refractivity contribution is 5.61. The van der Waals surface area contributed by atoms with Gasteiger partial charge in [-0.25, -0.2) is 4.98 Å². The first-order valence-electron chi connectivity index (χ1n) is 6.11. The molecule has 0 aliphatic heterocycles. The molecule has 0 saturated carbocycles. The number of nitrogens with zero attached hydrogens (tertiary/aromatic N) is 3. The van der Waals surface area contributed by atoms with Gasteiger partial charge in [-0.2, -0.15) is 4.98 Å². The minimum Gasteiger partial charge on any atom is -0.396 e. The molecule has 0 aromatic carbocycles. The van der Waals surface area contributed by atoms with Crippen molar-refractivity contribution in [2.45, 2.75) is 32.7 Å². The summed E-state index contributed by atoms with van der Waals surface area (Å²) in [4.78, 5) is 18.7. The lowest BCUT2D eigenvalue weighted by Gasteiger charge is -2.17. The lowest BCUT2D eigenvalue weighted by Crippen LogP contribution is -2.22. The van der Waals surface area contributed by atoms with Gasteiger partial charge in [0.1, 0.15) is 5.69 Å². The Morgan fingerprint density at radius 1 is 1.47 bits per heavy atom. The second kappa shape index (κ2) is 6.83. The van der Waals surface area contributed by atoms with E-state index in [2.05, 4.69) is 20.6 Å². The summed E-state index contributed by atoms with van der Waals surface area (Å²) in [6, 6.07) is -0.0669. The molecule has 1 atom stereocenters. The molecule has 1 aromatic rings. The van der Waals surface area contributed by atoms with Crippen LogP contribution in [0.15, 0.2) is 0 Å². The van der Waals surface area contributed by atoms with Crippen molar-refractivity contribution < 1.29 is 10.0 Å². The molecule has 0 spiro atoms. The van der Waals surface area contributed by atoms with E-state index in [4.69, 9.17) is 5.11 Å². The third-order valence-electron chi connectivity index (χ3n) is 2.78. The number of nitro groups is 1. The van der Waals surface area contributed by atoms with Gasteiger partial charge in [0, 0.05) is 19.7 Å². The predicted molar refractivity (Wildman–Crippen MR) is 72.4 cm³/mol. The molecular formula is C11H19N5O3. The molecule has 0 radical (unpaired) electrons. The van der Waals surface area contributed by atoms with Crippen LogP contribution in [-0.2, 0) is 0 Å². The van der Waals surface area contributed by atoms with Gasteiger partial charge in [-0.3, -0.25) is 10.1 Å². The molecule has 0 amide bonds. The number of aliphatic hydroxyl groups is 1. The smallest absolute Gasteiger partial charge is 0.332 e. The van der Waals surface area contributed by atoms with Crippen molar-refractivity contribution in [1.29, 1.82) is 0 Å². The molecule has 19 heavy (non-hydrogen) atoms. The third-order valence-corrected chi connectivity index (χ3v) is 2.78. The van der Waals surface area contributed by atoms with E-state index in [-0.39, 0.29) is 24.2 Å². The van der Waals surface area contributed by atoms with Gasteiger partial charge in [0.15, 0.2) is 0 Å². The van der Waals surface area contributed by atoms with Crippen molar-refractivity contribution in [3.63, 3.8) is 0 Å². The van der Waals surface area contributed by atoms with E-state index in [1.807, 2.05) is 6.92 Å². The fourth-order valence-corrected chi connectivity index (χ4v) is 1.73. The summed E-state index contributed by atoms with van der Waals surface area (Å²) >= 11 is 0. The van der Waals surface area contributed by atoms with E-state index in [0.29, 0.717) is 18.1 Å². The lowest BCUT2D eigenvalue weighted by molar-refractivity contribution is -0.385. The fourth-order valence-electron chi connectivity index (χ4n) is 1.73. The first kappa shape index (κ1) is 15.1. The van der Waals surface area contributed by atoms with Crippen LogP contribution in [0.4, 0.5) is 17.5 Å². The summed E-state index contributed by atoms with van der Waals surface area (Å²) in [6.07, 6.45) is 1.24. The second-order valence-electron chi connectivity index (χ2n) is 4.10. The van der Waals surface area contributed by atoms with Crippen molar-refractivity contribution in [1.82, 2.24) is 9.97 Å². The second-order valence-corrected chi connectivity index (χ2v) is 4.10. The van der Waals surface area contributed by atoms with Crippen LogP contribution < -0.4 is 10.6 Å². The Morgan fingerprint density at radius 3 is 2.63 bits per heavy atom. The Labute approximate surface area is 111 Å². The maximum absolute atomic E-state index is 11.1. The molecule has 0 fully saturated rings. The summed E-state index contributed by atoms with van der Waals surface area (Å²) < 4.78 is 0. The molecule has 1 rings (SSSR count). The van der Waals surface area contributed by atoms with Gasteiger partial charge in [-0.15, -0.1) is 0 Å². The topological polar surface area (TPSA) is 113 Å². The summed E-state index contributed by atoms with van der Waals surface area (Å²) in [5.41, 5.74) is 0.168. The summed E-state index contributed by atoms with van der Waals surface area (Å²) in [5.74, 6) is 0.506. The Kier molecular flexibility index (Phi) is 5.43. The molecule has 106 valence electrons. The van der Waals surface area contributed by atoms with Crippen LogP contribution in [0.2, 0.25) is 0 Å². The van der Waals surface area contributed by atoms with Crippen LogP contribution >= 0.6 is 0 Å². The number of aromatic nitrogens is 2. The molecule has 0 aliphatic rings. The molecule has 0 bridgehead atoms. The van der Waals surface area contributed by atoms with Gasteiger partial charge in [-0.05, 0) is 19.8 Å². The molecule has 1 heterocycles. The fraction of sp³-hybridized carbons (Fsp3) is 0.636. The molecule has 1 aromatic heterocycles. The van der Waals surface area contributed by atoms with Gasteiger partial charge in [0.2, 0.25) is 11.8 Å². The highest BCUT2D eigenvalue weighted by atomic mass is 16.6. The molecule has 8 heteroatoms. The number of aliphatic hydroxyl groups excluding tert-OH is 1. The number of aryl methyl sites for hydroxylation is 1. The highest BCUT2D eigenvalue weighted by Gasteiger charge is 2.23. The van der Waals surface area contributed by atoms with Crippen LogP contribution in [-0.4, -0.2) is 39.7 Å². The Bertz CT molecular complexity index is 452. The van der Waals surface area contributed by atoms with Crippen LogP contribution in [0.1, 0.15) is 25.5 Å². The average molecular weight is 269 g/mol. The van der Waals surface area contributed by atoms with E-state index < -0.39 is 4.92 Å². The van der Waals surface area contributed by atoms with Gasteiger partial charge in [0.25, 0.3) is 0 Å². The van der Waals surface area contributed by atoms with Crippen molar-refractivity contribution in [2.75, 3.05) is 24.3 Å². The minimum absolute atomic E-state index is 0.0161. The van der Waals surface area contributed by atoms with E-state index >= 15 is 0 Å². The Morgan fingerprint density at radius 2 is 2.16 bits per heavy atom. The lowest BCUT2D eigenvalue weighted by atomic mass is 10.1. The zero-order valence-electron chi connectivity index (χ0n) is 11.3. The molecule has 0 aliphatic carbocycles. The van der Waals surface area contributed by atoms with Crippen molar-refractivity contribution in [3.05, 3.63) is 15.8 Å². The number of hydrogen-bond donors (Lipinski definition) is 3. The first-order chi connectivity index (χ1) is 9.03. The Hall–Kier alpha value is -1.96. The van der Waals surface area contributed by atoms with E-state index in [1.165, 1.54) is 0 Å². The van der Waals surface area contributed by atoms with E-state index in [1.54, 1.807) is 14.0 Å². The molecule has 3 N–H and O–H groups in total. The summed E-state index contributed by atoms with van der Waals surface area (Å²) in [6.45, 7) is 3.52. The molecule has 1 unspecified atom stereocenters. The van der Waals surface area contributed by atoms with Crippen molar-refractivity contribution in [3.8, 4) is 0 Å². The summed E-state index contributed by atoms with van der Waals surface area (Å²) in [7, 11) is 1.65. The number of anilines is 2. The standard InChI is InChI=1S/C11H19N5O3/c1-4-8(5-6-17)14-10-9(16(18)19)7(2)13-11(12-3)15-10/h8,17H,4-6H2,1-3H3,(H2,12,13,14,15). The molecular weight excluding hydrogens is 250 g/mol. The maximum Gasteiger partial charge on any atom is 0.332 e. The van der Waals surface area contributed by atoms with E-state index in [9.17, 15) is 10.1 Å². The molecule has 8 nitrogen and oxygen atoms in total. The van der Waals surface area contributed by atoms with Gasteiger partial charge >= 0.3 is 5.69 Å². The zero-order chi connectivity index (χ0) is 14.4. The largest absolute Gasteiger partial charge is 0.396 e. The van der Waals surface area contributed by atoms with Crippen LogP contribution in [0.25, 0.3) is 0 Å². The number of rotatable bonds is 7. The highest BCUT2D eigenvalue weighted by Crippen LogP contribution is 2.27. The minimum atomic E-state index is -0.497. The van der Waals surface area contributed by atoms with Crippen molar-refractivity contribution >= 4 is 17.5 Å². The predicted octanol–water partition coefficient (Wildman–Crippen LogP) is 1.31. The van der Waals surface area contributed by atoms with Gasteiger partial charge in [-0.1, -0.05) is 6.92 Å². The van der Waals surface area contributed by atoms with Crippen LogP contribution in [0.3, 0.4) is 0 Å². The number of hydrogen-bond acceptors (Lipinski definition) is 7. The first-order valence-corrected chi connectivity index (χ1v) is 6.11. The molecule has 0 saturated heterocycles. The van der Waals surface area contributed by atoms with Crippen molar-refractivity contribution in [2.24, 2.45) is 0 Å². The number of nitrogens with one attached hydrogen (secondary N) is 2. The van der Waals surface area contributed by atoms with E-state index in [0.717, 1.165) is 6.42 Å². The average Bonchev–Trinajstić information content (AvgIpc) is 2.36. The van der Waals surface area contributed by atoms with Crippen LogP contribution in [0, 0.1) is 17.0 Å². The van der Waals surface area contributed by atoms with Gasteiger partial charge < -0.3 is 15.7 Å². The normalized spacial score (nSPS) is 12.0. The monoisotopic (exact) mass is 269 g/mol. The van der Waals surface area contributed by atoms with Gasteiger partial charge in [0.05, 0.1) is 4.92 Å². The third kappa shape index (κ3) is 3.75. The summed E-state index contributed by atoms with van der Waals surface area (Å²) in [5, 5.41) is 25.8. The Balaban J connectivity index is 3.15. The zero-order valence-corrected chi connectivity index (χ0v) is 11.3. The SMILES string of the molecule is CCC(CCO)Nc1nc(NC)nc(C)c1[N+](=O)[O-].